The lowest BCUT2D eigenvalue weighted by atomic mass is 9.81. The molecule has 2 aliphatic rings. The maximum absolute atomic E-state index is 5.73. The molecule has 2 unspecified atom stereocenters. The predicted octanol–water partition coefficient (Wildman–Crippen LogP) is 5.00. The van der Waals surface area contributed by atoms with Crippen molar-refractivity contribution in [2.24, 2.45) is 5.41 Å². The van der Waals surface area contributed by atoms with Crippen molar-refractivity contribution < 1.29 is 4.74 Å². The molecule has 5 nitrogen and oxygen atoms in total. The van der Waals surface area contributed by atoms with Crippen LogP contribution in [0.1, 0.15) is 57.7 Å². The summed E-state index contributed by atoms with van der Waals surface area (Å²) in [7, 11) is 4.00. The van der Waals surface area contributed by atoms with Gasteiger partial charge < -0.3 is 10.1 Å². The minimum absolute atomic E-state index is 0.127. The number of nitrogens with zero attached hydrogens (tertiary/aromatic N) is 2. The molecular weight excluding hydrogens is 355 g/mol. The first-order valence-electron chi connectivity index (χ1n) is 9.76. The Morgan fingerprint density at radius 2 is 2.19 bits per heavy atom. The Bertz CT molecular complexity index is 779. The van der Waals surface area contributed by atoms with E-state index in [1.807, 2.05) is 25.2 Å². The van der Waals surface area contributed by atoms with Crippen molar-refractivity contribution >= 4 is 20.1 Å². The van der Waals surface area contributed by atoms with Gasteiger partial charge in [0.15, 0.2) is 5.82 Å². The Balaban J connectivity index is 1.85. The first kappa shape index (κ1) is 19.9. The Morgan fingerprint density at radius 3 is 2.96 bits per heavy atom. The highest BCUT2D eigenvalue weighted by Crippen LogP contribution is 2.37. The van der Waals surface area contributed by atoms with E-state index in [1.54, 1.807) is 0 Å². The first-order chi connectivity index (χ1) is 12.9. The quantitative estimate of drug-likeness (QED) is 0.667. The molecule has 0 saturated heterocycles. The van der Waals surface area contributed by atoms with Gasteiger partial charge in [0, 0.05) is 35.2 Å². The summed E-state index contributed by atoms with van der Waals surface area (Å²) in [5, 5.41) is 11.1. The van der Waals surface area contributed by atoms with Crippen LogP contribution < -0.4 is 5.32 Å². The van der Waals surface area contributed by atoms with Crippen LogP contribution in [-0.4, -0.2) is 27.1 Å². The van der Waals surface area contributed by atoms with E-state index in [0.717, 1.165) is 50.3 Å². The molecular formula is C21H31N4OP. The van der Waals surface area contributed by atoms with Crippen molar-refractivity contribution in [2.75, 3.05) is 11.9 Å². The van der Waals surface area contributed by atoms with Crippen LogP contribution in [0.2, 0.25) is 0 Å². The highest BCUT2D eigenvalue weighted by molar-refractivity contribution is 7.21. The molecule has 2 aliphatic heterocycles. The van der Waals surface area contributed by atoms with Gasteiger partial charge in [-0.15, -0.1) is 8.86 Å². The van der Waals surface area contributed by atoms with Crippen LogP contribution >= 0.6 is 8.86 Å². The fourth-order valence-electron chi connectivity index (χ4n) is 3.64. The lowest BCUT2D eigenvalue weighted by Crippen LogP contribution is -2.37. The Hall–Kier alpha value is -1.84. The van der Waals surface area contributed by atoms with Crippen LogP contribution in [0, 0.1) is 5.41 Å². The zero-order valence-electron chi connectivity index (χ0n) is 16.7. The van der Waals surface area contributed by atoms with Crippen molar-refractivity contribution in [2.45, 2.75) is 59.5 Å². The third-order valence-electron chi connectivity index (χ3n) is 5.67. The molecule has 0 aromatic carbocycles. The summed E-state index contributed by atoms with van der Waals surface area (Å²) in [4.78, 5) is 2.42. The normalized spacial score (nSPS) is 30.0. The monoisotopic (exact) mass is 386 g/mol. The van der Waals surface area contributed by atoms with Crippen molar-refractivity contribution in [1.82, 2.24) is 15.1 Å². The number of hydrogen-bond donors (Lipinski definition) is 2. The zero-order valence-corrected chi connectivity index (χ0v) is 17.7. The van der Waals surface area contributed by atoms with Gasteiger partial charge in [-0.1, -0.05) is 26.5 Å². The van der Waals surface area contributed by atoms with Gasteiger partial charge in [-0.2, -0.15) is 5.10 Å². The average molecular weight is 386 g/mol. The van der Waals surface area contributed by atoms with Gasteiger partial charge in [-0.3, -0.25) is 10.00 Å². The summed E-state index contributed by atoms with van der Waals surface area (Å²) < 4.78 is 5.73. The fourth-order valence-corrected chi connectivity index (χ4v) is 4.10. The lowest BCUT2D eigenvalue weighted by molar-refractivity contribution is 0.212. The molecule has 0 aliphatic carbocycles. The summed E-state index contributed by atoms with van der Waals surface area (Å²) in [5.74, 6) is 1.61. The van der Waals surface area contributed by atoms with Gasteiger partial charge in [-0.25, -0.2) is 0 Å². The zero-order chi connectivity index (χ0) is 19.4. The van der Waals surface area contributed by atoms with Crippen molar-refractivity contribution in [1.29, 1.82) is 0 Å². The largest absolute Gasteiger partial charge is 0.494 e. The fraction of sp³-hybridized carbons (Fsp3) is 0.524. The van der Waals surface area contributed by atoms with E-state index in [1.165, 1.54) is 16.7 Å². The molecule has 6 heteroatoms. The number of fused-ring (bicyclic) bond motifs is 1. The van der Waals surface area contributed by atoms with Crippen LogP contribution in [0.15, 0.2) is 36.3 Å². The number of hydrogen-bond acceptors (Lipinski definition) is 3. The number of ether oxygens (including phenoxy) is 1. The minimum Gasteiger partial charge on any atom is -0.494 e. The van der Waals surface area contributed by atoms with Crippen molar-refractivity contribution in [3.8, 4) is 0 Å². The van der Waals surface area contributed by atoms with E-state index in [0.29, 0.717) is 12.4 Å². The van der Waals surface area contributed by atoms with Crippen LogP contribution in [0.5, 0.6) is 0 Å². The Labute approximate surface area is 164 Å². The van der Waals surface area contributed by atoms with Gasteiger partial charge in [0.1, 0.15) is 5.76 Å². The van der Waals surface area contributed by atoms with Crippen LogP contribution in [0.3, 0.4) is 0 Å². The van der Waals surface area contributed by atoms with Crippen molar-refractivity contribution in [3.05, 3.63) is 47.5 Å². The van der Waals surface area contributed by atoms with E-state index in [9.17, 15) is 0 Å². The van der Waals surface area contributed by atoms with Gasteiger partial charge in [0.2, 0.25) is 0 Å². The van der Waals surface area contributed by atoms with E-state index in [4.69, 9.17) is 4.74 Å². The molecule has 2 atom stereocenters. The molecule has 0 radical (unpaired) electrons. The standard InChI is InChI=1S/C21H31N4OP/c1-5-21(4)11-6-7-12-26-16(3)10-8-9-15(2)22-19-17-13-25(20(21)27)14-18(17)23-24-19/h8-10,27H,3,5-7,11-14H2,1-2,4H3,(H2,22,23,24)/b10-8-,15-9+. The average Bonchev–Trinajstić information content (AvgIpc) is 3.22. The molecule has 0 spiro atoms. The molecule has 0 amide bonds. The Kier molecular flexibility index (Phi) is 6.23. The second kappa shape index (κ2) is 8.45. The van der Waals surface area contributed by atoms with E-state index < -0.39 is 0 Å². The maximum atomic E-state index is 5.73. The van der Waals surface area contributed by atoms with Gasteiger partial charge >= 0.3 is 0 Å². The number of H-pyrrole nitrogens is 1. The van der Waals surface area contributed by atoms with Crippen LogP contribution in [-0.2, 0) is 17.8 Å². The third kappa shape index (κ3) is 4.53. The number of rotatable bonds is 1. The van der Waals surface area contributed by atoms with Gasteiger partial charge in [0.25, 0.3) is 0 Å². The summed E-state index contributed by atoms with van der Waals surface area (Å²) in [6.45, 7) is 13.1. The number of nitrogens with one attached hydrogen (secondary N) is 2. The summed E-state index contributed by atoms with van der Waals surface area (Å²) in [5.41, 5.74) is 4.87. The number of allylic oxidation sites excluding steroid dienone is 4. The molecule has 2 N–H and O–H groups in total. The highest BCUT2D eigenvalue weighted by Gasteiger charge is 2.34. The highest BCUT2D eigenvalue weighted by atomic mass is 31.0. The molecule has 0 saturated carbocycles. The molecule has 27 heavy (non-hydrogen) atoms. The molecule has 1 aromatic heterocycles. The van der Waals surface area contributed by atoms with E-state index >= 15 is 0 Å². The van der Waals surface area contributed by atoms with Gasteiger partial charge in [-0.05, 0) is 44.8 Å². The van der Waals surface area contributed by atoms with Crippen molar-refractivity contribution in [3.63, 3.8) is 0 Å². The number of aromatic nitrogens is 2. The maximum Gasteiger partial charge on any atom is 0.156 e. The molecule has 3 heterocycles. The second-order valence-electron chi connectivity index (χ2n) is 7.75. The second-order valence-corrected chi connectivity index (χ2v) is 8.23. The lowest BCUT2D eigenvalue weighted by Gasteiger charge is -2.35. The molecule has 1 aromatic rings. The SMILES string of the molecule is C=C1/C=C\C=C(/C)Nc2n[nH]c3c2CN(C3)C(=P)C(C)(CC)CCCCO1. The molecule has 0 fully saturated rings. The first-order valence-corrected chi connectivity index (χ1v) is 10.3. The van der Waals surface area contributed by atoms with Gasteiger partial charge in [0.05, 0.1) is 12.3 Å². The summed E-state index contributed by atoms with van der Waals surface area (Å²) in [6.07, 6.45) is 10.3. The Morgan fingerprint density at radius 1 is 1.37 bits per heavy atom. The van der Waals surface area contributed by atoms with Crippen LogP contribution in [0.4, 0.5) is 5.82 Å². The summed E-state index contributed by atoms with van der Waals surface area (Å²) in [6, 6.07) is 0. The topological polar surface area (TPSA) is 53.2 Å². The molecule has 3 rings (SSSR count). The summed E-state index contributed by atoms with van der Waals surface area (Å²) >= 11 is 0. The number of aromatic amines is 1. The molecule has 2 bridgehead atoms. The molecule has 146 valence electrons. The third-order valence-corrected chi connectivity index (χ3v) is 6.59. The predicted molar refractivity (Wildman–Crippen MR) is 115 cm³/mol. The van der Waals surface area contributed by atoms with Crippen LogP contribution in [0.25, 0.3) is 0 Å². The van der Waals surface area contributed by atoms with E-state index in [-0.39, 0.29) is 5.41 Å². The smallest absolute Gasteiger partial charge is 0.156 e. The van der Waals surface area contributed by atoms with E-state index in [2.05, 4.69) is 49.7 Å². The number of anilines is 1. The minimum atomic E-state index is 0.127.